The van der Waals surface area contributed by atoms with Gasteiger partial charge in [-0.15, -0.1) is 0 Å². The third kappa shape index (κ3) is 2.98. The lowest BCUT2D eigenvalue weighted by Crippen LogP contribution is -2.06. The van der Waals surface area contributed by atoms with Gasteiger partial charge in [0.15, 0.2) is 0 Å². The number of nitrogen functional groups attached to an aromatic ring is 1. The molecule has 0 aliphatic heterocycles. The molecule has 0 bridgehead atoms. The first-order valence-electron chi connectivity index (χ1n) is 5.24. The van der Waals surface area contributed by atoms with E-state index in [0.29, 0.717) is 19.0 Å². The van der Waals surface area contributed by atoms with E-state index in [2.05, 4.69) is 39.8 Å². The van der Waals surface area contributed by atoms with E-state index in [4.69, 9.17) is 10.5 Å². The van der Waals surface area contributed by atoms with Crippen molar-refractivity contribution in [2.75, 3.05) is 12.8 Å². The summed E-state index contributed by atoms with van der Waals surface area (Å²) < 4.78 is 7.89. The van der Waals surface area contributed by atoms with Crippen LogP contribution in [0.5, 0.6) is 0 Å². The van der Waals surface area contributed by atoms with Crippen LogP contribution in [0.3, 0.4) is 0 Å². The van der Waals surface area contributed by atoms with E-state index in [1.165, 1.54) is 5.56 Å². The molecule has 0 saturated carbocycles. The number of halogens is 1. The van der Waals surface area contributed by atoms with Crippen molar-refractivity contribution in [1.29, 1.82) is 0 Å². The molecule has 0 aliphatic carbocycles. The molecular formula is C12H14IN3O. The number of nitrogens with zero attached hydrogens (tertiary/aromatic N) is 2. The summed E-state index contributed by atoms with van der Waals surface area (Å²) in [5, 5.41) is 4.24. The van der Waals surface area contributed by atoms with Crippen LogP contribution in [-0.2, 0) is 17.9 Å². The second-order valence-corrected chi connectivity index (χ2v) is 4.95. The second-order valence-electron chi connectivity index (χ2n) is 3.79. The third-order valence-electron chi connectivity index (χ3n) is 2.47. The van der Waals surface area contributed by atoms with Crippen LogP contribution < -0.4 is 5.73 Å². The van der Waals surface area contributed by atoms with Crippen LogP contribution in [0.2, 0.25) is 0 Å². The first-order chi connectivity index (χ1) is 8.20. The molecule has 0 saturated heterocycles. The van der Waals surface area contributed by atoms with Crippen molar-refractivity contribution >= 4 is 28.4 Å². The molecule has 2 N–H and O–H groups in total. The van der Waals surface area contributed by atoms with Gasteiger partial charge < -0.3 is 10.5 Å². The van der Waals surface area contributed by atoms with E-state index >= 15 is 0 Å². The predicted molar refractivity (Wildman–Crippen MR) is 75.6 cm³/mol. The Morgan fingerprint density at radius 3 is 2.82 bits per heavy atom. The van der Waals surface area contributed by atoms with Crippen LogP contribution >= 0.6 is 22.6 Å². The molecule has 0 fully saturated rings. The molecule has 0 radical (unpaired) electrons. The largest absolute Gasteiger partial charge is 0.383 e. The van der Waals surface area contributed by atoms with Crippen LogP contribution in [0.25, 0.3) is 0 Å². The maximum atomic E-state index is 5.92. The van der Waals surface area contributed by atoms with E-state index in [9.17, 15) is 0 Å². The summed E-state index contributed by atoms with van der Waals surface area (Å²) in [5.74, 6) is 0.711. The minimum atomic E-state index is 0.625. The summed E-state index contributed by atoms with van der Waals surface area (Å²) in [6, 6.07) is 8.24. The lowest BCUT2D eigenvalue weighted by atomic mass is 10.1. The molecule has 1 aromatic heterocycles. The third-order valence-corrected chi connectivity index (χ3v) is 3.30. The van der Waals surface area contributed by atoms with Gasteiger partial charge in [0.25, 0.3) is 0 Å². The number of aromatic nitrogens is 2. The summed E-state index contributed by atoms with van der Waals surface area (Å²) in [6.07, 6.45) is 1.77. The number of rotatable bonds is 4. The highest BCUT2D eigenvalue weighted by Crippen LogP contribution is 2.15. The number of hydrogen-bond donors (Lipinski definition) is 1. The number of methoxy groups -OCH3 is 1. The fraction of sp³-hybridized carbons (Fsp3) is 0.250. The van der Waals surface area contributed by atoms with Crippen molar-refractivity contribution in [2.24, 2.45) is 0 Å². The Morgan fingerprint density at radius 1 is 1.41 bits per heavy atom. The van der Waals surface area contributed by atoms with Crippen LogP contribution in [0.4, 0.5) is 5.82 Å². The summed E-state index contributed by atoms with van der Waals surface area (Å²) in [6.45, 7) is 1.31. The van der Waals surface area contributed by atoms with Crippen molar-refractivity contribution < 1.29 is 4.74 Å². The highest BCUT2D eigenvalue weighted by molar-refractivity contribution is 14.1. The van der Waals surface area contributed by atoms with Gasteiger partial charge in [-0.3, -0.25) is 0 Å². The van der Waals surface area contributed by atoms with Crippen molar-refractivity contribution in [3.05, 3.63) is 45.2 Å². The molecule has 1 heterocycles. The average Bonchev–Trinajstić information content (AvgIpc) is 2.62. The molecule has 2 aromatic rings. The predicted octanol–water partition coefficient (Wildman–Crippen LogP) is 2.26. The normalized spacial score (nSPS) is 10.7. The lowest BCUT2D eigenvalue weighted by molar-refractivity contribution is 0.185. The van der Waals surface area contributed by atoms with Gasteiger partial charge in [0.1, 0.15) is 5.82 Å². The molecule has 5 heteroatoms. The zero-order valence-electron chi connectivity index (χ0n) is 9.56. The van der Waals surface area contributed by atoms with E-state index in [1.54, 1.807) is 18.0 Å². The zero-order chi connectivity index (χ0) is 12.3. The van der Waals surface area contributed by atoms with Gasteiger partial charge in [-0.1, -0.05) is 24.3 Å². The topological polar surface area (TPSA) is 53.1 Å². The van der Waals surface area contributed by atoms with E-state index in [-0.39, 0.29) is 0 Å². The van der Waals surface area contributed by atoms with E-state index in [1.807, 2.05) is 12.1 Å². The maximum Gasteiger partial charge on any atom is 0.135 e. The minimum Gasteiger partial charge on any atom is -0.383 e. The number of anilines is 1. The average molecular weight is 343 g/mol. The Kier molecular flexibility index (Phi) is 4.01. The molecule has 90 valence electrons. The first-order valence-corrected chi connectivity index (χ1v) is 6.32. The molecule has 17 heavy (non-hydrogen) atoms. The van der Waals surface area contributed by atoms with Crippen LogP contribution in [0.1, 0.15) is 11.1 Å². The standard InChI is InChI=1S/C12H14IN3O/c1-17-8-10-4-2-3-9(5-10)7-16-12(14)11(13)6-15-16/h2-6H,7-8,14H2,1H3. The van der Waals surface area contributed by atoms with Gasteiger partial charge in [0.2, 0.25) is 0 Å². The van der Waals surface area contributed by atoms with Crippen molar-refractivity contribution in [1.82, 2.24) is 9.78 Å². The SMILES string of the molecule is COCc1cccc(Cn2ncc(I)c2N)c1. The van der Waals surface area contributed by atoms with Gasteiger partial charge >= 0.3 is 0 Å². The highest BCUT2D eigenvalue weighted by Gasteiger charge is 2.05. The molecule has 0 amide bonds. The molecular weight excluding hydrogens is 329 g/mol. The van der Waals surface area contributed by atoms with Crippen LogP contribution in [0.15, 0.2) is 30.5 Å². The molecule has 0 unspecified atom stereocenters. The molecule has 2 rings (SSSR count). The lowest BCUT2D eigenvalue weighted by Gasteiger charge is -2.06. The summed E-state index contributed by atoms with van der Waals surface area (Å²) >= 11 is 2.18. The van der Waals surface area contributed by atoms with Crippen molar-refractivity contribution in [3.8, 4) is 0 Å². The Hall–Kier alpha value is -1.08. The monoisotopic (exact) mass is 343 g/mol. The Balaban J connectivity index is 2.18. The summed E-state index contributed by atoms with van der Waals surface area (Å²) in [5.41, 5.74) is 8.25. The van der Waals surface area contributed by atoms with Gasteiger partial charge in [0, 0.05) is 7.11 Å². The number of nitrogens with two attached hydrogens (primary N) is 1. The van der Waals surface area contributed by atoms with Gasteiger partial charge in [0.05, 0.1) is 22.9 Å². The molecule has 4 nitrogen and oxygen atoms in total. The molecule has 0 aliphatic rings. The number of hydrogen-bond acceptors (Lipinski definition) is 3. The van der Waals surface area contributed by atoms with E-state index < -0.39 is 0 Å². The Morgan fingerprint density at radius 2 is 2.18 bits per heavy atom. The first kappa shape index (κ1) is 12.4. The summed E-state index contributed by atoms with van der Waals surface area (Å²) in [7, 11) is 1.69. The van der Waals surface area contributed by atoms with Crippen LogP contribution in [-0.4, -0.2) is 16.9 Å². The van der Waals surface area contributed by atoms with E-state index in [0.717, 1.165) is 9.13 Å². The molecule has 1 aromatic carbocycles. The molecule has 0 spiro atoms. The van der Waals surface area contributed by atoms with Crippen LogP contribution in [0, 0.1) is 3.57 Å². The maximum absolute atomic E-state index is 5.92. The number of benzene rings is 1. The van der Waals surface area contributed by atoms with Gasteiger partial charge in [-0.05, 0) is 33.7 Å². The Bertz CT molecular complexity index is 510. The van der Waals surface area contributed by atoms with Gasteiger partial charge in [-0.2, -0.15) is 5.10 Å². The summed E-state index contributed by atoms with van der Waals surface area (Å²) in [4.78, 5) is 0. The highest BCUT2D eigenvalue weighted by atomic mass is 127. The smallest absolute Gasteiger partial charge is 0.135 e. The molecule has 0 atom stereocenters. The Labute approximate surface area is 114 Å². The van der Waals surface area contributed by atoms with Crippen molar-refractivity contribution in [3.63, 3.8) is 0 Å². The van der Waals surface area contributed by atoms with Crippen molar-refractivity contribution in [2.45, 2.75) is 13.2 Å². The minimum absolute atomic E-state index is 0.625. The van der Waals surface area contributed by atoms with Gasteiger partial charge in [-0.25, -0.2) is 4.68 Å². The quantitative estimate of drug-likeness (QED) is 0.867. The second kappa shape index (κ2) is 5.50. The zero-order valence-corrected chi connectivity index (χ0v) is 11.7. The fourth-order valence-corrected chi connectivity index (χ4v) is 2.06. The number of ether oxygens (including phenoxy) is 1. The fourth-order valence-electron chi connectivity index (χ4n) is 1.66.